The molecule has 2 aromatic rings. The maximum Gasteiger partial charge on any atom is 0.293 e. The van der Waals surface area contributed by atoms with Gasteiger partial charge in [-0.25, -0.2) is 0 Å². The van der Waals surface area contributed by atoms with Gasteiger partial charge in [-0.15, -0.1) is 0 Å². The molecule has 0 aliphatic carbocycles. The van der Waals surface area contributed by atoms with E-state index in [4.69, 9.17) is 0 Å². The van der Waals surface area contributed by atoms with Crippen molar-refractivity contribution in [2.45, 2.75) is 6.92 Å². The molecule has 148 valence electrons. The summed E-state index contributed by atoms with van der Waals surface area (Å²) in [5.74, 6) is -0.527. The quantitative estimate of drug-likeness (QED) is 0.335. The molecule has 29 heavy (non-hydrogen) atoms. The lowest BCUT2D eigenvalue weighted by Crippen LogP contribution is -2.30. The number of rotatable bonds is 6. The second-order valence-electron chi connectivity index (χ2n) is 6.28. The van der Waals surface area contributed by atoms with Gasteiger partial charge < -0.3 is 5.11 Å². The number of phenolic OH excluding ortho intramolecular Hbond substituents is 1. The van der Waals surface area contributed by atoms with Crippen molar-refractivity contribution in [1.82, 2.24) is 4.90 Å². The van der Waals surface area contributed by atoms with Crippen LogP contribution in [-0.4, -0.2) is 45.4 Å². The number of non-ortho nitro benzene ring substituents is 1. The summed E-state index contributed by atoms with van der Waals surface area (Å²) in [6.07, 6.45) is 2.96. The van der Waals surface area contributed by atoms with Gasteiger partial charge in [0.25, 0.3) is 16.8 Å². The van der Waals surface area contributed by atoms with Crippen LogP contribution >= 0.6 is 11.8 Å². The van der Waals surface area contributed by atoms with E-state index in [1.54, 1.807) is 6.08 Å². The highest BCUT2D eigenvalue weighted by Crippen LogP contribution is 2.32. The first-order valence-electron chi connectivity index (χ1n) is 8.64. The highest BCUT2D eigenvalue weighted by atomic mass is 32.2. The van der Waals surface area contributed by atoms with Crippen LogP contribution in [0.1, 0.15) is 16.7 Å². The molecule has 0 bridgehead atoms. The number of imide groups is 1. The number of hydrogen-bond acceptors (Lipinski definition) is 7. The van der Waals surface area contributed by atoms with E-state index in [9.17, 15) is 24.8 Å². The Hall–Kier alpha value is -3.46. The molecule has 2 amide bonds. The number of aliphatic imine (C=N–C) groups is 1. The van der Waals surface area contributed by atoms with Crippen LogP contribution in [0.3, 0.4) is 0 Å². The van der Waals surface area contributed by atoms with Gasteiger partial charge in [0.15, 0.2) is 0 Å². The van der Waals surface area contributed by atoms with Crippen LogP contribution in [-0.2, 0) is 4.79 Å². The fraction of sp³-hybridized carbons (Fsp3) is 0.150. The smallest absolute Gasteiger partial charge is 0.293 e. The number of aromatic hydroxyl groups is 1. The van der Waals surface area contributed by atoms with Gasteiger partial charge in [-0.2, -0.15) is 0 Å². The number of carbonyl (C=O) groups excluding carboxylic acids is 2. The highest BCUT2D eigenvalue weighted by Gasteiger charge is 2.34. The van der Waals surface area contributed by atoms with Crippen LogP contribution < -0.4 is 0 Å². The molecule has 0 atom stereocenters. The number of amides is 2. The lowest BCUT2D eigenvalue weighted by molar-refractivity contribution is -0.384. The van der Waals surface area contributed by atoms with Crippen LogP contribution in [0.15, 0.2) is 52.4 Å². The van der Waals surface area contributed by atoms with E-state index >= 15 is 0 Å². The number of phenols is 1. The Kier molecular flexibility index (Phi) is 6.08. The summed E-state index contributed by atoms with van der Waals surface area (Å²) >= 11 is 0.875. The predicted molar refractivity (Wildman–Crippen MR) is 111 cm³/mol. The molecular weight excluding hydrogens is 394 g/mol. The summed E-state index contributed by atoms with van der Waals surface area (Å²) in [4.78, 5) is 40.4. The molecule has 1 aliphatic rings. The largest absolute Gasteiger partial charge is 0.507 e. The third-order valence-electron chi connectivity index (χ3n) is 4.15. The fourth-order valence-corrected chi connectivity index (χ4v) is 3.45. The predicted octanol–water partition coefficient (Wildman–Crippen LogP) is 3.76. The molecule has 0 unspecified atom stereocenters. The third kappa shape index (κ3) is 4.88. The van der Waals surface area contributed by atoms with Crippen LogP contribution in [0.25, 0.3) is 6.08 Å². The van der Waals surface area contributed by atoms with Gasteiger partial charge in [-0.1, -0.05) is 29.8 Å². The Bertz CT molecular complexity index is 1030. The summed E-state index contributed by atoms with van der Waals surface area (Å²) in [5, 5.41) is 20.2. The first-order chi connectivity index (χ1) is 13.8. The molecule has 2 aromatic carbocycles. The zero-order chi connectivity index (χ0) is 21.0. The van der Waals surface area contributed by atoms with E-state index < -0.39 is 4.92 Å². The molecule has 3 rings (SSSR count). The molecule has 1 fully saturated rings. The number of carbonyl (C=O) groups is 2. The Balaban J connectivity index is 1.64. The maximum absolute atomic E-state index is 12.5. The number of nitrogens with zero attached hydrogens (tertiary/aromatic N) is 3. The Morgan fingerprint density at radius 3 is 2.62 bits per heavy atom. The van der Waals surface area contributed by atoms with Crippen molar-refractivity contribution in [3.63, 3.8) is 0 Å². The molecule has 8 nitrogen and oxygen atoms in total. The van der Waals surface area contributed by atoms with E-state index in [0.29, 0.717) is 4.91 Å². The fourth-order valence-electron chi connectivity index (χ4n) is 2.59. The van der Waals surface area contributed by atoms with Gasteiger partial charge in [0.1, 0.15) is 5.75 Å². The summed E-state index contributed by atoms with van der Waals surface area (Å²) in [6, 6.07) is 11.2. The number of nitro groups is 1. The van der Waals surface area contributed by atoms with E-state index in [-0.39, 0.29) is 41.2 Å². The van der Waals surface area contributed by atoms with E-state index in [2.05, 4.69) is 4.99 Å². The molecule has 0 saturated carbocycles. The normalized spacial score (nSPS) is 15.6. The minimum Gasteiger partial charge on any atom is -0.507 e. The van der Waals surface area contributed by atoms with Crippen LogP contribution in [0, 0.1) is 17.0 Å². The van der Waals surface area contributed by atoms with Crippen LogP contribution in [0.2, 0.25) is 0 Å². The van der Waals surface area contributed by atoms with Crippen molar-refractivity contribution in [2.75, 3.05) is 13.1 Å². The summed E-state index contributed by atoms with van der Waals surface area (Å²) in [6.45, 7) is 2.14. The third-order valence-corrected chi connectivity index (χ3v) is 5.06. The average Bonchev–Trinajstić information content (AvgIpc) is 2.95. The molecule has 1 aliphatic heterocycles. The summed E-state index contributed by atoms with van der Waals surface area (Å²) < 4.78 is 0. The average molecular weight is 411 g/mol. The van der Waals surface area contributed by atoms with E-state index in [1.807, 2.05) is 31.2 Å². The van der Waals surface area contributed by atoms with Gasteiger partial charge >= 0.3 is 0 Å². The first-order valence-corrected chi connectivity index (χ1v) is 9.46. The SMILES string of the molecule is Cc1ccc(/C=C2\SC(=O)N(CCN=Cc3cc([N+](=O)[O-])ccc3O)C2=O)cc1. The topological polar surface area (TPSA) is 113 Å². The van der Waals surface area contributed by atoms with Gasteiger partial charge in [0, 0.05) is 30.5 Å². The first kappa shape index (κ1) is 20.3. The number of benzene rings is 2. The number of aryl methyl sites for hydroxylation is 1. The molecule has 9 heteroatoms. The van der Waals surface area contributed by atoms with Crippen molar-refractivity contribution < 1.29 is 19.6 Å². The molecule has 0 aromatic heterocycles. The second kappa shape index (κ2) is 8.70. The Morgan fingerprint density at radius 1 is 1.21 bits per heavy atom. The monoisotopic (exact) mass is 411 g/mol. The minimum absolute atomic E-state index is 0.0715. The maximum atomic E-state index is 12.5. The van der Waals surface area contributed by atoms with E-state index in [1.165, 1.54) is 24.4 Å². The lowest BCUT2D eigenvalue weighted by Gasteiger charge is -2.10. The highest BCUT2D eigenvalue weighted by molar-refractivity contribution is 8.18. The van der Waals surface area contributed by atoms with Gasteiger partial charge in [0.05, 0.1) is 16.4 Å². The molecular formula is C20H17N3O5S. The van der Waals surface area contributed by atoms with Gasteiger partial charge in [-0.05, 0) is 36.4 Å². The lowest BCUT2D eigenvalue weighted by atomic mass is 10.1. The summed E-state index contributed by atoms with van der Waals surface area (Å²) in [5.41, 5.74) is 1.95. The van der Waals surface area contributed by atoms with Crippen molar-refractivity contribution in [2.24, 2.45) is 4.99 Å². The zero-order valence-corrected chi connectivity index (χ0v) is 16.3. The van der Waals surface area contributed by atoms with Crippen LogP contribution in [0.5, 0.6) is 5.75 Å². The van der Waals surface area contributed by atoms with Crippen molar-refractivity contribution in [3.05, 3.63) is 74.2 Å². The van der Waals surface area contributed by atoms with Gasteiger partial charge in [0.2, 0.25) is 0 Å². The molecule has 1 saturated heterocycles. The molecule has 1 N–H and O–H groups in total. The van der Waals surface area contributed by atoms with Gasteiger partial charge in [-0.3, -0.25) is 29.6 Å². The Labute approximate surface area is 170 Å². The number of thioether (sulfide) groups is 1. The standard InChI is InChI=1S/C20H17N3O5S/c1-13-2-4-14(5-3-13)10-18-19(25)22(20(26)29-18)9-8-21-12-15-11-16(23(27)28)6-7-17(15)24/h2-7,10-12,24H,8-9H2,1H3/b18-10-,21-12?. The van der Waals surface area contributed by atoms with Crippen molar-refractivity contribution in [3.8, 4) is 5.75 Å². The molecule has 0 spiro atoms. The number of nitro benzene ring substituents is 1. The summed E-state index contributed by atoms with van der Waals surface area (Å²) in [7, 11) is 0. The molecule has 0 radical (unpaired) electrons. The van der Waals surface area contributed by atoms with Crippen molar-refractivity contribution in [1.29, 1.82) is 0 Å². The second-order valence-corrected chi connectivity index (χ2v) is 7.27. The van der Waals surface area contributed by atoms with Crippen LogP contribution in [0.4, 0.5) is 10.5 Å². The van der Waals surface area contributed by atoms with Crippen molar-refractivity contribution >= 4 is 40.9 Å². The molecule has 1 heterocycles. The zero-order valence-electron chi connectivity index (χ0n) is 15.4. The number of hydrogen-bond donors (Lipinski definition) is 1. The Morgan fingerprint density at radius 2 is 1.93 bits per heavy atom. The van der Waals surface area contributed by atoms with E-state index in [0.717, 1.165) is 27.8 Å². The minimum atomic E-state index is -0.572.